The molecular weight excluding hydrogens is 335 g/mol. The van der Waals surface area contributed by atoms with E-state index < -0.39 is 0 Å². The van der Waals surface area contributed by atoms with Gasteiger partial charge in [-0.05, 0) is 30.5 Å². The van der Waals surface area contributed by atoms with Crippen molar-refractivity contribution in [2.75, 3.05) is 26.2 Å². The minimum Gasteiger partial charge on any atom is -0.370 e. The summed E-state index contributed by atoms with van der Waals surface area (Å²) >= 11 is 5.93. The molecule has 1 atom stereocenters. The van der Waals surface area contributed by atoms with Gasteiger partial charge in [-0.25, -0.2) is 0 Å². The molecule has 1 aliphatic carbocycles. The van der Waals surface area contributed by atoms with Crippen molar-refractivity contribution in [1.29, 1.82) is 0 Å². The summed E-state index contributed by atoms with van der Waals surface area (Å²) < 4.78 is 5.85. The molecule has 3 rings (SSSR count). The molecule has 1 saturated carbocycles. The highest BCUT2D eigenvalue weighted by Gasteiger charge is 2.43. The summed E-state index contributed by atoms with van der Waals surface area (Å²) in [6.07, 6.45) is 3.98. The third-order valence-corrected chi connectivity index (χ3v) is 5.25. The number of nitrogens with two attached hydrogens (primary N) is 1. The zero-order chi connectivity index (χ0) is 15.6. The number of carbonyl (C=O) groups is 1. The number of amides is 1. The van der Waals surface area contributed by atoms with Crippen LogP contribution < -0.4 is 5.73 Å². The van der Waals surface area contributed by atoms with Crippen LogP contribution >= 0.6 is 24.0 Å². The van der Waals surface area contributed by atoms with Crippen LogP contribution in [0.4, 0.5) is 0 Å². The lowest BCUT2D eigenvalue weighted by molar-refractivity contribution is -0.149. The quantitative estimate of drug-likeness (QED) is 0.902. The molecule has 4 nitrogen and oxygen atoms in total. The summed E-state index contributed by atoms with van der Waals surface area (Å²) in [7, 11) is 0. The highest BCUT2D eigenvalue weighted by molar-refractivity contribution is 6.30. The first-order chi connectivity index (χ1) is 10.6. The Hall–Kier alpha value is -0.810. The normalized spacial score (nSPS) is 23.4. The molecule has 0 aromatic heterocycles. The van der Waals surface area contributed by atoms with E-state index in [0.29, 0.717) is 31.3 Å². The van der Waals surface area contributed by atoms with Gasteiger partial charge in [-0.15, -0.1) is 12.4 Å². The van der Waals surface area contributed by atoms with Crippen molar-refractivity contribution in [3.8, 4) is 0 Å². The van der Waals surface area contributed by atoms with Crippen molar-refractivity contribution in [2.24, 2.45) is 11.1 Å². The van der Waals surface area contributed by atoms with Crippen LogP contribution in [0.2, 0.25) is 5.02 Å². The van der Waals surface area contributed by atoms with Gasteiger partial charge in [0.1, 0.15) is 6.10 Å². The van der Waals surface area contributed by atoms with E-state index in [2.05, 4.69) is 0 Å². The third-order valence-electron chi connectivity index (χ3n) is 5.00. The van der Waals surface area contributed by atoms with Gasteiger partial charge in [-0.1, -0.05) is 36.6 Å². The first-order valence-electron chi connectivity index (χ1n) is 8.01. The van der Waals surface area contributed by atoms with E-state index in [0.717, 1.165) is 31.2 Å². The van der Waals surface area contributed by atoms with Gasteiger partial charge in [0.05, 0.1) is 18.6 Å². The fourth-order valence-electron chi connectivity index (χ4n) is 3.61. The zero-order valence-electron chi connectivity index (χ0n) is 13.2. The Bertz CT molecular complexity index is 530. The summed E-state index contributed by atoms with van der Waals surface area (Å²) in [5.74, 6) is 0.217. The fraction of sp³-hybridized carbons (Fsp3) is 0.588. The van der Waals surface area contributed by atoms with Gasteiger partial charge in [0, 0.05) is 18.1 Å². The summed E-state index contributed by atoms with van der Waals surface area (Å²) in [4.78, 5) is 14.9. The van der Waals surface area contributed by atoms with E-state index >= 15 is 0 Å². The second-order valence-corrected chi connectivity index (χ2v) is 6.79. The number of benzene rings is 1. The molecule has 0 bridgehead atoms. The number of nitrogens with zero attached hydrogens (tertiary/aromatic N) is 1. The van der Waals surface area contributed by atoms with Crippen LogP contribution in [0.15, 0.2) is 24.3 Å². The van der Waals surface area contributed by atoms with E-state index in [1.165, 1.54) is 0 Å². The largest absolute Gasteiger partial charge is 0.370 e. The van der Waals surface area contributed by atoms with Crippen LogP contribution in [-0.2, 0) is 9.53 Å². The Kier molecular flexibility index (Phi) is 6.32. The van der Waals surface area contributed by atoms with Crippen LogP contribution in [0.1, 0.15) is 37.4 Å². The van der Waals surface area contributed by atoms with Gasteiger partial charge in [0.15, 0.2) is 0 Å². The van der Waals surface area contributed by atoms with Crippen molar-refractivity contribution < 1.29 is 9.53 Å². The van der Waals surface area contributed by atoms with Crippen LogP contribution in [0.25, 0.3) is 0 Å². The standard InChI is InChI=1S/C17H23ClN2O2.ClH/c18-14-5-3-13(4-6-14)15-11-20(9-10-22-15)16(21)17(12-19)7-1-2-8-17;/h3-6,15H,1-2,7-12,19H2;1H. The second kappa shape index (κ2) is 7.84. The molecule has 0 radical (unpaired) electrons. The molecule has 1 aromatic carbocycles. The third kappa shape index (κ3) is 3.82. The van der Waals surface area contributed by atoms with Crippen molar-refractivity contribution in [3.63, 3.8) is 0 Å². The molecule has 1 unspecified atom stereocenters. The monoisotopic (exact) mass is 358 g/mol. The van der Waals surface area contributed by atoms with Gasteiger partial charge in [0.2, 0.25) is 5.91 Å². The molecule has 1 aliphatic heterocycles. The Balaban J connectivity index is 0.00000192. The second-order valence-electron chi connectivity index (χ2n) is 6.35. The van der Waals surface area contributed by atoms with Crippen LogP contribution in [0, 0.1) is 5.41 Å². The predicted molar refractivity (Wildman–Crippen MR) is 93.9 cm³/mol. The lowest BCUT2D eigenvalue weighted by atomic mass is 9.84. The molecule has 1 amide bonds. The summed E-state index contributed by atoms with van der Waals surface area (Å²) in [6.45, 7) is 2.28. The van der Waals surface area contributed by atoms with Gasteiger partial charge >= 0.3 is 0 Å². The minimum absolute atomic E-state index is 0. The molecule has 2 aliphatic rings. The number of ether oxygens (including phenoxy) is 1. The van der Waals surface area contributed by atoms with Crippen LogP contribution in [0.5, 0.6) is 0 Å². The Morgan fingerprint density at radius 1 is 1.30 bits per heavy atom. The number of hydrogen-bond donors (Lipinski definition) is 1. The van der Waals surface area contributed by atoms with Crippen molar-refractivity contribution in [2.45, 2.75) is 31.8 Å². The van der Waals surface area contributed by atoms with E-state index in [1.54, 1.807) is 0 Å². The maximum Gasteiger partial charge on any atom is 0.230 e. The highest BCUT2D eigenvalue weighted by atomic mass is 35.5. The lowest BCUT2D eigenvalue weighted by Crippen LogP contribution is -2.51. The summed E-state index contributed by atoms with van der Waals surface area (Å²) in [6, 6.07) is 7.66. The number of halogens is 2. The highest BCUT2D eigenvalue weighted by Crippen LogP contribution is 2.39. The van der Waals surface area contributed by atoms with E-state index in [9.17, 15) is 4.79 Å². The van der Waals surface area contributed by atoms with Crippen LogP contribution in [-0.4, -0.2) is 37.0 Å². The SMILES string of the molecule is Cl.NCC1(C(=O)N2CCOC(c3ccc(Cl)cc3)C2)CCCC1. The van der Waals surface area contributed by atoms with E-state index in [1.807, 2.05) is 29.2 Å². The Labute approximate surface area is 148 Å². The molecule has 6 heteroatoms. The summed E-state index contributed by atoms with van der Waals surface area (Å²) in [5.41, 5.74) is 6.68. The molecular formula is C17H24Cl2N2O2. The van der Waals surface area contributed by atoms with Crippen molar-refractivity contribution in [3.05, 3.63) is 34.9 Å². The molecule has 2 fully saturated rings. The smallest absolute Gasteiger partial charge is 0.230 e. The van der Waals surface area contributed by atoms with Crippen LogP contribution in [0.3, 0.4) is 0 Å². The number of morpholine rings is 1. The molecule has 2 N–H and O–H groups in total. The van der Waals surface area contributed by atoms with E-state index in [4.69, 9.17) is 22.1 Å². The molecule has 1 heterocycles. The maximum atomic E-state index is 13.0. The first kappa shape index (κ1) is 18.5. The van der Waals surface area contributed by atoms with Gasteiger partial charge < -0.3 is 15.4 Å². The topological polar surface area (TPSA) is 55.6 Å². The molecule has 128 valence electrons. The number of hydrogen-bond acceptors (Lipinski definition) is 3. The van der Waals surface area contributed by atoms with Crippen molar-refractivity contribution in [1.82, 2.24) is 4.90 Å². The zero-order valence-corrected chi connectivity index (χ0v) is 14.7. The average molecular weight is 359 g/mol. The molecule has 0 spiro atoms. The predicted octanol–water partition coefficient (Wildman–Crippen LogP) is 3.18. The molecule has 1 aromatic rings. The van der Waals surface area contributed by atoms with E-state index in [-0.39, 0.29) is 29.8 Å². The Morgan fingerprint density at radius 3 is 2.57 bits per heavy atom. The first-order valence-corrected chi connectivity index (χ1v) is 8.39. The summed E-state index contributed by atoms with van der Waals surface area (Å²) in [5, 5.41) is 0.709. The number of carbonyl (C=O) groups excluding carboxylic acids is 1. The molecule has 1 saturated heterocycles. The van der Waals surface area contributed by atoms with Gasteiger partial charge in [-0.2, -0.15) is 0 Å². The van der Waals surface area contributed by atoms with Gasteiger partial charge in [0.25, 0.3) is 0 Å². The maximum absolute atomic E-state index is 13.0. The average Bonchev–Trinajstić information content (AvgIpc) is 3.05. The fourth-order valence-corrected chi connectivity index (χ4v) is 3.73. The minimum atomic E-state index is -0.331. The van der Waals surface area contributed by atoms with Gasteiger partial charge in [-0.3, -0.25) is 4.79 Å². The molecule has 23 heavy (non-hydrogen) atoms. The lowest BCUT2D eigenvalue weighted by Gasteiger charge is -2.38. The number of rotatable bonds is 3. The Morgan fingerprint density at radius 2 is 1.96 bits per heavy atom. The van der Waals surface area contributed by atoms with Crippen molar-refractivity contribution >= 4 is 29.9 Å².